The van der Waals surface area contributed by atoms with Crippen LogP contribution in [0, 0.1) is 12.8 Å². The molecule has 0 spiro atoms. The summed E-state index contributed by atoms with van der Waals surface area (Å²) in [6, 6.07) is 4.18. The van der Waals surface area contributed by atoms with E-state index in [0.29, 0.717) is 23.6 Å². The van der Waals surface area contributed by atoms with Crippen LogP contribution in [0.1, 0.15) is 65.3 Å². The van der Waals surface area contributed by atoms with Crippen molar-refractivity contribution in [2.45, 2.75) is 58.0 Å². The Kier molecular flexibility index (Phi) is 5.41. The maximum Gasteiger partial charge on any atom is 0.262 e. The lowest BCUT2D eigenvalue weighted by molar-refractivity contribution is -0.125. The van der Waals surface area contributed by atoms with E-state index in [0.717, 1.165) is 36.1 Å². The van der Waals surface area contributed by atoms with E-state index in [1.807, 2.05) is 6.92 Å². The monoisotopic (exact) mass is 357 g/mol. The highest BCUT2D eigenvalue weighted by Crippen LogP contribution is 2.28. The summed E-state index contributed by atoms with van der Waals surface area (Å²) in [5.41, 5.74) is 7.53. The van der Waals surface area contributed by atoms with Gasteiger partial charge in [-0.3, -0.25) is 19.3 Å². The number of nitrogens with one attached hydrogen (secondary N) is 1. The average molecular weight is 357 g/mol. The summed E-state index contributed by atoms with van der Waals surface area (Å²) >= 11 is 0. The first-order valence-corrected chi connectivity index (χ1v) is 9.43. The molecular weight excluding hydrogens is 330 g/mol. The number of fused-ring (bicyclic) bond motifs is 1. The molecule has 6 heteroatoms. The number of nitrogens with two attached hydrogens (primary N) is 1. The molecule has 1 fully saturated rings. The van der Waals surface area contributed by atoms with E-state index in [-0.39, 0.29) is 11.9 Å². The van der Waals surface area contributed by atoms with Crippen LogP contribution in [0.3, 0.4) is 0 Å². The topological polar surface area (TPSA) is 92.5 Å². The maximum absolute atomic E-state index is 12.7. The molecule has 0 aromatic heterocycles. The van der Waals surface area contributed by atoms with Crippen LogP contribution in [-0.2, 0) is 4.79 Å². The van der Waals surface area contributed by atoms with E-state index in [1.54, 1.807) is 25.1 Å². The average Bonchev–Trinajstić information content (AvgIpc) is 2.89. The predicted octanol–water partition coefficient (Wildman–Crippen LogP) is 2.00. The van der Waals surface area contributed by atoms with Gasteiger partial charge in [-0.25, -0.2) is 0 Å². The van der Waals surface area contributed by atoms with Gasteiger partial charge in [0.05, 0.1) is 11.1 Å². The molecule has 0 saturated heterocycles. The lowest BCUT2D eigenvalue weighted by Gasteiger charge is -2.32. The molecule has 3 amide bonds. The number of hydrogen-bond donors (Lipinski definition) is 2. The van der Waals surface area contributed by atoms with Crippen molar-refractivity contribution in [1.82, 2.24) is 10.2 Å². The fourth-order valence-corrected chi connectivity index (χ4v) is 4.05. The Morgan fingerprint density at radius 1 is 1.19 bits per heavy atom. The number of amides is 3. The van der Waals surface area contributed by atoms with Crippen molar-refractivity contribution in [1.29, 1.82) is 0 Å². The normalized spacial score (nSPS) is 20.0. The van der Waals surface area contributed by atoms with Crippen LogP contribution in [0.25, 0.3) is 0 Å². The summed E-state index contributed by atoms with van der Waals surface area (Å²) in [6.45, 7) is 3.83. The molecule has 0 bridgehead atoms. The summed E-state index contributed by atoms with van der Waals surface area (Å²) in [5, 5.41) is 2.98. The van der Waals surface area contributed by atoms with Crippen LogP contribution >= 0.6 is 0 Å². The molecule has 2 atom stereocenters. The highest BCUT2D eigenvalue weighted by atomic mass is 16.2. The fraction of sp³-hybridized carbons (Fsp3) is 0.550. The first kappa shape index (κ1) is 18.6. The summed E-state index contributed by atoms with van der Waals surface area (Å²) in [6.07, 6.45) is 5.66. The molecule has 140 valence electrons. The molecule has 1 saturated carbocycles. The molecule has 1 heterocycles. The molecular formula is C20H27N3O3. The van der Waals surface area contributed by atoms with Crippen molar-refractivity contribution in [2.24, 2.45) is 11.7 Å². The molecule has 1 aromatic rings. The number of nitrogens with zero attached hydrogens (tertiary/aromatic N) is 1. The highest BCUT2D eigenvalue weighted by molar-refractivity contribution is 6.22. The zero-order chi connectivity index (χ0) is 18.8. The lowest BCUT2D eigenvalue weighted by Crippen LogP contribution is -2.53. The van der Waals surface area contributed by atoms with E-state index in [9.17, 15) is 14.4 Å². The largest absolute Gasteiger partial charge is 0.350 e. The third-order valence-corrected chi connectivity index (χ3v) is 5.64. The molecule has 0 radical (unpaired) electrons. The van der Waals surface area contributed by atoms with Gasteiger partial charge in [0.25, 0.3) is 11.8 Å². The molecule has 26 heavy (non-hydrogen) atoms. The predicted molar refractivity (Wildman–Crippen MR) is 98.7 cm³/mol. The van der Waals surface area contributed by atoms with Crippen LogP contribution in [0.4, 0.5) is 0 Å². The van der Waals surface area contributed by atoms with Gasteiger partial charge in [-0.15, -0.1) is 0 Å². The number of carbonyl (C=O) groups is 3. The van der Waals surface area contributed by atoms with Crippen molar-refractivity contribution >= 4 is 17.7 Å². The van der Waals surface area contributed by atoms with Crippen LogP contribution in [0.15, 0.2) is 18.2 Å². The second kappa shape index (κ2) is 7.58. The van der Waals surface area contributed by atoms with Crippen LogP contribution < -0.4 is 11.1 Å². The van der Waals surface area contributed by atoms with Crippen molar-refractivity contribution in [3.63, 3.8) is 0 Å². The minimum atomic E-state index is -0.861. The summed E-state index contributed by atoms with van der Waals surface area (Å²) in [5.74, 6) is -0.764. The van der Waals surface area contributed by atoms with Gasteiger partial charge in [-0.1, -0.05) is 30.9 Å². The van der Waals surface area contributed by atoms with Gasteiger partial charge in [0.2, 0.25) is 5.91 Å². The Morgan fingerprint density at radius 3 is 2.50 bits per heavy atom. The molecule has 1 aromatic carbocycles. The molecule has 1 aliphatic heterocycles. The SMILES string of the molecule is Cc1ccc2c(c1)C(=O)N(C(C)C(=O)NC(CN)C1CCCCC1)C2=O. The van der Waals surface area contributed by atoms with Crippen LogP contribution in [0.5, 0.6) is 0 Å². The van der Waals surface area contributed by atoms with Crippen LogP contribution in [-0.4, -0.2) is 41.2 Å². The maximum atomic E-state index is 12.7. The van der Waals surface area contributed by atoms with Gasteiger partial charge < -0.3 is 11.1 Å². The zero-order valence-corrected chi connectivity index (χ0v) is 15.5. The van der Waals surface area contributed by atoms with E-state index < -0.39 is 17.9 Å². The van der Waals surface area contributed by atoms with Gasteiger partial charge in [0.15, 0.2) is 0 Å². The van der Waals surface area contributed by atoms with Crippen molar-refractivity contribution in [3.05, 3.63) is 34.9 Å². The van der Waals surface area contributed by atoms with Gasteiger partial charge in [-0.05, 0) is 44.7 Å². The second-order valence-electron chi connectivity index (χ2n) is 7.45. The standard InChI is InChI=1S/C20H27N3O3/c1-12-8-9-15-16(10-12)20(26)23(19(15)25)13(2)18(24)22-17(11-21)14-6-4-3-5-7-14/h8-10,13-14,17H,3-7,11,21H2,1-2H3,(H,22,24). The Balaban J connectivity index is 1.72. The van der Waals surface area contributed by atoms with Gasteiger partial charge in [0.1, 0.15) is 6.04 Å². The van der Waals surface area contributed by atoms with E-state index >= 15 is 0 Å². The number of hydrogen-bond acceptors (Lipinski definition) is 4. The summed E-state index contributed by atoms with van der Waals surface area (Å²) < 4.78 is 0. The third kappa shape index (κ3) is 3.38. The number of imide groups is 1. The van der Waals surface area contributed by atoms with Gasteiger partial charge in [0, 0.05) is 12.6 Å². The Hall–Kier alpha value is -2.21. The number of benzene rings is 1. The van der Waals surface area contributed by atoms with Crippen molar-refractivity contribution in [2.75, 3.05) is 6.54 Å². The highest BCUT2D eigenvalue weighted by Gasteiger charge is 2.41. The second-order valence-corrected chi connectivity index (χ2v) is 7.45. The summed E-state index contributed by atoms with van der Waals surface area (Å²) in [7, 11) is 0. The van der Waals surface area contributed by atoms with E-state index in [4.69, 9.17) is 5.73 Å². The zero-order valence-electron chi connectivity index (χ0n) is 15.5. The lowest BCUT2D eigenvalue weighted by atomic mass is 9.84. The molecule has 6 nitrogen and oxygen atoms in total. The van der Waals surface area contributed by atoms with Gasteiger partial charge >= 0.3 is 0 Å². The molecule has 3 N–H and O–H groups in total. The van der Waals surface area contributed by atoms with Gasteiger partial charge in [-0.2, -0.15) is 0 Å². The minimum Gasteiger partial charge on any atom is -0.350 e. The minimum absolute atomic E-state index is 0.109. The van der Waals surface area contributed by atoms with Crippen molar-refractivity contribution in [3.8, 4) is 0 Å². The van der Waals surface area contributed by atoms with E-state index in [2.05, 4.69) is 5.32 Å². The third-order valence-electron chi connectivity index (χ3n) is 5.64. The number of rotatable bonds is 5. The number of carbonyl (C=O) groups excluding carboxylic acids is 3. The molecule has 2 aliphatic rings. The fourth-order valence-electron chi connectivity index (χ4n) is 4.05. The quantitative estimate of drug-likeness (QED) is 0.789. The Morgan fingerprint density at radius 2 is 1.85 bits per heavy atom. The number of aryl methyl sites for hydroxylation is 1. The van der Waals surface area contributed by atoms with E-state index in [1.165, 1.54) is 6.42 Å². The molecule has 2 unspecified atom stereocenters. The molecule has 1 aliphatic carbocycles. The van der Waals surface area contributed by atoms with Crippen molar-refractivity contribution < 1.29 is 14.4 Å². The smallest absolute Gasteiger partial charge is 0.262 e. The first-order valence-electron chi connectivity index (χ1n) is 9.43. The molecule has 3 rings (SSSR count). The van der Waals surface area contributed by atoms with Crippen LogP contribution in [0.2, 0.25) is 0 Å². The Labute approximate surface area is 154 Å². The Bertz CT molecular complexity index is 725. The summed E-state index contributed by atoms with van der Waals surface area (Å²) in [4.78, 5) is 39.1. The first-order chi connectivity index (χ1) is 12.4.